The van der Waals surface area contributed by atoms with Crippen molar-refractivity contribution < 1.29 is 28.5 Å². The Labute approximate surface area is 236 Å². The number of aliphatic hydroxyl groups is 1. The van der Waals surface area contributed by atoms with Crippen LogP contribution in [-0.2, 0) is 31.9 Å². The molecule has 2 aromatic rings. The molecule has 0 amide bonds. The van der Waals surface area contributed by atoms with Crippen molar-refractivity contribution in [1.82, 2.24) is 0 Å². The van der Waals surface area contributed by atoms with Crippen LogP contribution in [-0.4, -0.2) is 58.2 Å². The first-order valence-electron chi connectivity index (χ1n) is 14.1. The van der Waals surface area contributed by atoms with E-state index in [1.54, 1.807) is 7.11 Å². The molecule has 6 nitrogen and oxygen atoms in total. The average Bonchev–Trinajstić information content (AvgIpc) is 2.99. The van der Waals surface area contributed by atoms with E-state index in [9.17, 15) is 5.11 Å². The lowest BCUT2D eigenvalue weighted by Crippen LogP contribution is -2.49. The fraction of sp³-hybridized carbons (Fsp3) is 0.562. The zero-order chi connectivity index (χ0) is 28.3. The maximum atomic E-state index is 10.4. The third-order valence-electron chi connectivity index (χ3n) is 7.80. The van der Waals surface area contributed by atoms with Crippen LogP contribution < -0.4 is 4.74 Å². The number of rotatable bonds is 12. The van der Waals surface area contributed by atoms with E-state index < -0.39 is 14.4 Å². The second-order valence-corrected chi connectivity index (χ2v) is 16.5. The zero-order valence-corrected chi connectivity index (χ0v) is 25.6. The Kier molecular flexibility index (Phi) is 12.2. The van der Waals surface area contributed by atoms with Crippen molar-refractivity contribution in [3.63, 3.8) is 0 Å². The molecule has 0 saturated heterocycles. The molecule has 0 bridgehead atoms. The van der Waals surface area contributed by atoms with Crippen LogP contribution in [0.4, 0.5) is 0 Å². The lowest BCUT2D eigenvalue weighted by molar-refractivity contribution is -0.149. The molecule has 216 valence electrons. The second kappa shape index (κ2) is 15.1. The third kappa shape index (κ3) is 9.85. The minimum absolute atomic E-state index is 0.0733. The maximum Gasteiger partial charge on any atom is 0.192 e. The van der Waals surface area contributed by atoms with E-state index in [0.29, 0.717) is 32.7 Å². The van der Waals surface area contributed by atoms with Crippen LogP contribution in [0.3, 0.4) is 0 Å². The molecule has 2 aromatic carbocycles. The Bertz CT molecular complexity index is 986. The molecule has 1 aliphatic rings. The van der Waals surface area contributed by atoms with Gasteiger partial charge in [0.2, 0.25) is 0 Å². The fourth-order valence-electron chi connectivity index (χ4n) is 4.32. The first kappa shape index (κ1) is 31.5. The molecule has 0 spiro atoms. The fourth-order valence-corrected chi connectivity index (χ4v) is 5.68. The molecule has 0 aromatic heterocycles. The number of aliphatic hydroxyl groups excluding tert-OH is 1. The van der Waals surface area contributed by atoms with E-state index >= 15 is 0 Å². The summed E-state index contributed by atoms with van der Waals surface area (Å²) in [5.41, 5.74) is 2.19. The first-order valence-corrected chi connectivity index (χ1v) is 17.0. The number of ether oxygens (including phenoxy) is 4. The number of benzene rings is 2. The monoisotopic (exact) mass is 556 g/mol. The smallest absolute Gasteiger partial charge is 0.192 e. The van der Waals surface area contributed by atoms with Crippen molar-refractivity contribution >= 4 is 8.32 Å². The Balaban J connectivity index is 1.72. The predicted molar refractivity (Wildman–Crippen MR) is 158 cm³/mol. The van der Waals surface area contributed by atoms with Crippen molar-refractivity contribution in [2.45, 2.75) is 95.8 Å². The summed E-state index contributed by atoms with van der Waals surface area (Å²) in [6.07, 6.45) is 5.28. The molecule has 4 atom stereocenters. The molecule has 0 fully saturated rings. The Hall–Kier alpha value is -2.00. The van der Waals surface area contributed by atoms with Crippen molar-refractivity contribution in [2.75, 3.05) is 20.3 Å². The van der Waals surface area contributed by atoms with Crippen LogP contribution in [0.1, 0.15) is 51.2 Å². The van der Waals surface area contributed by atoms with Gasteiger partial charge in [-0.1, -0.05) is 75.4 Å². The minimum Gasteiger partial charge on any atom is -0.497 e. The van der Waals surface area contributed by atoms with E-state index in [4.69, 9.17) is 23.4 Å². The molecule has 0 saturated carbocycles. The van der Waals surface area contributed by atoms with Crippen LogP contribution in [0.25, 0.3) is 0 Å². The van der Waals surface area contributed by atoms with Gasteiger partial charge < -0.3 is 28.5 Å². The summed E-state index contributed by atoms with van der Waals surface area (Å²) in [6.45, 7) is 12.7. The third-order valence-corrected chi connectivity index (χ3v) is 12.3. The number of hydrogen-bond donors (Lipinski definition) is 1. The van der Waals surface area contributed by atoms with E-state index in [0.717, 1.165) is 23.3 Å². The van der Waals surface area contributed by atoms with Crippen molar-refractivity contribution in [1.29, 1.82) is 0 Å². The largest absolute Gasteiger partial charge is 0.497 e. The summed E-state index contributed by atoms with van der Waals surface area (Å²) in [5.74, 6) is 0.811. The van der Waals surface area contributed by atoms with Gasteiger partial charge in [0.1, 0.15) is 11.9 Å². The molecule has 39 heavy (non-hydrogen) atoms. The molecule has 0 radical (unpaired) electrons. The van der Waals surface area contributed by atoms with Crippen LogP contribution in [0.15, 0.2) is 66.7 Å². The quantitative estimate of drug-likeness (QED) is 0.179. The van der Waals surface area contributed by atoms with Gasteiger partial charge in [0.25, 0.3) is 0 Å². The molecule has 0 unspecified atom stereocenters. The predicted octanol–water partition coefficient (Wildman–Crippen LogP) is 6.67. The van der Waals surface area contributed by atoms with Gasteiger partial charge in [-0.3, -0.25) is 0 Å². The summed E-state index contributed by atoms with van der Waals surface area (Å²) in [6, 6.07) is 18.0. The minimum atomic E-state index is -2.06. The summed E-state index contributed by atoms with van der Waals surface area (Å²) < 4.78 is 31.2. The van der Waals surface area contributed by atoms with E-state index in [1.807, 2.05) is 42.5 Å². The molecule has 0 aliphatic carbocycles. The van der Waals surface area contributed by atoms with Crippen LogP contribution >= 0.6 is 0 Å². The Morgan fingerprint density at radius 2 is 1.51 bits per heavy atom. The van der Waals surface area contributed by atoms with Crippen molar-refractivity contribution in [3.8, 4) is 5.75 Å². The van der Waals surface area contributed by atoms with Gasteiger partial charge in [0, 0.05) is 6.61 Å². The summed E-state index contributed by atoms with van der Waals surface area (Å²) in [4.78, 5) is 0. The molecule has 1 aliphatic heterocycles. The SMILES string of the molecule is COc1ccc(CO[C@@H]2C/C=C\C[C@@H](O[Si](C)(C)C(C)(C)C)[C@H](CCOCc3ccccc3)O[C@H]2CO)cc1. The zero-order valence-electron chi connectivity index (χ0n) is 24.6. The molecule has 7 heteroatoms. The molecular formula is C32H48O6Si. The van der Waals surface area contributed by atoms with Gasteiger partial charge in [-0.05, 0) is 60.7 Å². The van der Waals surface area contributed by atoms with Gasteiger partial charge in [-0.15, -0.1) is 0 Å². The highest BCUT2D eigenvalue weighted by Crippen LogP contribution is 2.39. The molecule has 1 heterocycles. The summed E-state index contributed by atoms with van der Waals surface area (Å²) in [7, 11) is -0.408. The maximum absolute atomic E-state index is 10.4. The van der Waals surface area contributed by atoms with E-state index in [2.05, 4.69) is 58.2 Å². The van der Waals surface area contributed by atoms with Gasteiger partial charge >= 0.3 is 0 Å². The Morgan fingerprint density at radius 1 is 0.872 bits per heavy atom. The number of methoxy groups -OCH3 is 1. The second-order valence-electron chi connectivity index (χ2n) is 11.8. The Morgan fingerprint density at radius 3 is 2.13 bits per heavy atom. The van der Waals surface area contributed by atoms with Crippen LogP contribution in [0.5, 0.6) is 5.75 Å². The highest BCUT2D eigenvalue weighted by Gasteiger charge is 2.41. The molecule has 3 rings (SSSR count). The topological polar surface area (TPSA) is 66.4 Å². The summed E-state index contributed by atoms with van der Waals surface area (Å²) >= 11 is 0. The van der Waals surface area contributed by atoms with Crippen molar-refractivity contribution in [3.05, 3.63) is 77.9 Å². The summed E-state index contributed by atoms with van der Waals surface area (Å²) in [5, 5.41) is 10.5. The molecule has 1 N–H and O–H groups in total. The highest BCUT2D eigenvalue weighted by molar-refractivity contribution is 6.74. The molecular weight excluding hydrogens is 508 g/mol. The van der Waals surface area contributed by atoms with Gasteiger partial charge in [-0.25, -0.2) is 0 Å². The van der Waals surface area contributed by atoms with Gasteiger partial charge in [-0.2, -0.15) is 0 Å². The normalized spacial score (nSPS) is 23.5. The van der Waals surface area contributed by atoms with Crippen LogP contribution in [0.2, 0.25) is 18.1 Å². The average molecular weight is 557 g/mol. The van der Waals surface area contributed by atoms with Gasteiger partial charge in [0.05, 0.1) is 45.2 Å². The van der Waals surface area contributed by atoms with E-state index in [-0.39, 0.29) is 30.0 Å². The lowest BCUT2D eigenvalue weighted by atomic mass is 10.1. The van der Waals surface area contributed by atoms with Crippen LogP contribution in [0, 0.1) is 0 Å². The van der Waals surface area contributed by atoms with E-state index in [1.165, 1.54) is 0 Å². The number of hydrogen-bond acceptors (Lipinski definition) is 6. The van der Waals surface area contributed by atoms with Crippen molar-refractivity contribution in [2.24, 2.45) is 0 Å². The highest BCUT2D eigenvalue weighted by atomic mass is 28.4. The first-order chi connectivity index (χ1) is 18.6. The standard InChI is InChI=1S/C32H48O6Si/c1-32(2,3)39(5,6)38-30-15-11-10-14-28(36-24-26-16-18-27(34-4)19-17-26)31(22-33)37-29(30)20-21-35-23-25-12-8-7-9-13-25/h7-13,16-19,28-31,33H,14-15,20-24H2,1-6H3/b11-10-/t28-,29+,30-,31+/m1/s1. The lowest BCUT2D eigenvalue weighted by Gasteiger charge is -2.42. The van der Waals surface area contributed by atoms with Gasteiger partial charge in [0.15, 0.2) is 8.32 Å².